The van der Waals surface area contributed by atoms with Crippen LogP contribution in [-0.2, 0) is 11.3 Å². The van der Waals surface area contributed by atoms with E-state index in [-0.39, 0.29) is 11.6 Å². The zero-order valence-corrected chi connectivity index (χ0v) is 11.1. The topological polar surface area (TPSA) is 98.3 Å². The quantitative estimate of drug-likeness (QED) is 0.723. The predicted molar refractivity (Wildman–Crippen MR) is 67.7 cm³/mol. The van der Waals surface area contributed by atoms with Crippen LogP contribution in [0.15, 0.2) is 6.20 Å². The van der Waals surface area contributed by atoms with Crippen molar-refractivity contribution in [3.05, 3.63) is 17.5 Å². The van der Waals surface area contributed by atoms with Gasteiger partial charge in [0.1, 0.15) is 5.69 Å². The van der Waals surface area contributed by atoms with Crippen molar-refractivity contribution >= 4 is 11.9 Å². The zero-order valence-electron chi connectivity index (χ0n) is 11.1. The summed E-state index contributed by atoms with van der Waals surface area (Å²) in [5, 5.41) is 18.1. The molecule has 1 amide bonds. The third-order valence-electron chi connectivity index (χ3n) is 3.84. The van der Waals surface area contributed by atoms with Crippen LogP contribution in [0.1, 0.15) is 36.3 Å². The molecule has 2 heterocycles. The lowest BCUT2D eigenvalue weighted by atomic mass is 9.92. The summed E-state index contributed by atoms with van der Waals surface area (Å²) < 4.78 is 0. The molecule has 1 aliphatic rings. The summed E-state index contributed by atoms with van der Waals surface area (Å²) in [4.78, 5) is 25.1. The van der Waals surface area contributed by atoms with E-state index in [0.29, 0.717) is 31.6 Å². The summed E-state index contributed by atoms with van der Waals surface area (Å²) in [5.74, 6) is -1.05. The number of carbonyl (C=O) groups excluding carboxylic acids is 1. The van der Waals surface area contributed by atoms with Crippen molar-refractivity contribution in [1.29, 1.82) is 0 Å². The predicted octanol–water partition coefficient (Wildman–Crippen LogP) is 0.208. The lowest BCUT2D eigenvalue weighted by molar-refractivity contribution is -0.137. The van der Waals surface area contributed by atoms with E-state index in [0.717, 1.165) is 0 Å². The highest BCUT2D eigenvalue weighted by Gasteiger charge is 2.40. The normalized spacial score (nSPS) is 24.2. The van der Waals surface area contributed by atoms with Gasteiger partial charge in [-0.05, 0) is 13.3 Å². The van der Waals surface area contributed by atoms with Gasteiger partial charge >= 0.3 is 5.97 Å². The van der Waals surface area contributed by atoms with Crippen molar-refractivity contribution in [1.82, 2.24) is 20.4 Å². The number of carbonyl (C=O) groups is 2. The Morgan fingerprint density at radius 3 is 3.00 bits per heavy atom. The molecule has 19 heavy (non-hydrogen) atoms. The number of carboxylic acids is 1. The van der Waals surface area contributed by atoms with Crippen LogP contribution < -0.4 is 5.32 Å². The molecule has 0 aromatic carbocycles. The molecule has 1 aliphatic heterocycles. The molecule has 0 radical (unpaired) electrons. The Labute approximate surface area is 111 Å². The smallest absolute Gasteiger partial charge is 0.354 e. The molecule has 3 N–H and O–H groups in total. The Morgan fingerprint density at radius 1 is 1.63 bits per heavy atom. The van der Waals surface area contributed by atoms with Gasteiger partial charge in [0.25, 0.3) is 0 Å². The van der Waals surface area contributed by atoms with Gasteiger partial charge in [0, 0.05) is 25.2 Å². The highest BCUT2D eigenvalue weighted by atomic mass is 16.4. The van der Waals surface area contributed by atoms with E-state index in [1.807, 2.05) is 18.7 Å². The number of hydrogen-bond donors (Lipinski definition) is 3. The molecular weight excluding hydrogens is 248 g/mol. The first-order chi connectivity index (χ1) is 8.99. The Balaban J connectivity index is 2.23. The first-order valence-corrected chi connectivity index (χ1v) is 6.28. The van der Waals surface area contributed by atoms with E-state index in [9.17, 15) is 9.59 Å². The Bertz CT molecular complexity index is 499. The Kier molecular flexibility index (Phi) is 3.57. The number of aromatic carboxylic acids is 1. The average Bonchev–Trinajstić information content (AvgIpc) is 2.83. The van der Waals surface area contributed by atoms with Crippen LogP contribution in [0.3, 0.4) is 0 Å². The molecule has 1 unspecified atom stereocenters. The summed E-state index contributed by atoms with van der Waals surface area (Å²) in [7, 11) is 0. The van der Waals surface area contributed by atoms with Crippen LogP contribution >= 0.6 is 0 Å². The number of hydrogen-bond acceptors (Lipinski definition) is 4. The number of nitrogens with zero attached hydrogens (tertiary/aromatic N) is 2. The lowest BCUT2D eigenvalue weighted by Gasteiger charge is -2.43. The summed E-state index contributed by atoms with van der Waals surface area (Å²) in [6, 6.07) is 0. The molecule has 1 atom stereocenters. The first kappa shape index (κ1) is 13.5. The molecule has 104 valence electrons. The van der Waals surface area contributed by atoms with Crippen molar-refractivity contribution in [3.63, 3.8) is 0 Å². The third-order valence-corrected chi connectivity index (χ3v) is 3.84. The van der Waals surface area contributed by atoms with Crippen molar-refractivity contribution < 1.29 is 14.7 Å². The van der Waals surface area contributed by atoms with E-state index >= 15 is 0 Å². The number of piperazine rings is 1. The number of rotatable bonds is 4. The number of aromatic nitrogens is 2. The van der Waals surface area contributed by atoms with Crippen LogP contribution in [0.5, 0.6) is 0 Å². The largest absolute Gasteiger partial charge is 0.477 e. The van der Waals surface area contributed by atoms with Crippen molar-refractivity contribution in [2.45, 2.75) is 32.4 Å². The molecule has 7 heteroatoms. The molecule has 7 nitrogen and oxygen atoms in total. The Hall–Kier alpha value is -1.89. The minimum atomic E-state index is -1.04. The summed E-state index contributed by atoms with van der Waals surface area (Å²) in [5.41, 5.74) is 0.0805. The molecular formula is C12H18N4O3. The minimum Gasteiger partial charge on any atom is -0.477 e. The number of H-pyrrole nitrogens is 1. The van der Waals surface area contributed by atoms with Gasteiger partial charge in [-0.1, -0.05) is 6.92 Å². The fraction of sp³-hybridized carbons (Fsp3) is 0.583. The van der Waals surface area contributed by atoms with Gasteiger partial charge in [0.15, 0.2) is 0 Å². The molecule has 0 bridgehead atoms. The van der Waals surface area contributed by atoms with Gasteiger partial charge in [-0.2, -0.15) is 5.10 Å². The standard InChI is InChI=1S/C12H18N4O3/c1-3-12(2)11(19)13-4-5-16(12)7-8-6-14-15-9(8)10(17)18/h6H,3-5,7H2,1-2H3,(H,13,19)(H,14,15)(H,17,18). The van der Waals surface area contributed by atoms with Crippen molar-refractivity contribution in [3.8, 4) is 0 Å². The zero-order chi connectivity index (χ0) is 14.0. The number of nitrogens with one attached hydrogen (secondary N) is 2. The van der Waals surface area contributed by atoms with Gasteiger partial charge in [0.2, 0.25) is 5.91 Å². The summed E-state index contributed by atoms with van der Waals surface area (Å²) in [6.45, 7) is 5.50. The second-order valence-electron chi connectivity index (χ2n) is 4.88. The van der Waals surface area contributed by atoms with Crippen LogP contribution in [0.2, 0.25) is 0 Å². The monoisotopic (exact) mass is 266 g/mol. The third kappa shape index (κ3) is 2.33. The SMILES string of the molecule is CCC1(C)C(=O)NCCN1Cc1cn[nH]c1C(=O)O. The highest BCUT2D eigenvalue weighted by Crippen LogP contribution is 2.25. The average molecular weight is 266 g/mol. The number of carboxylic acid groups (broad SMARTS) is 1. The summed E-state index contributed by atoms with van der Waals surface area (Å²) >= 11 is 0. The van der Waals surface area contributed by atoms with Crippen LogP contribution in [0.25, 0.3) is 0 Å². The molecule has 1 aromatic heterocycles. The minimum absolute atomic E-state index is 0.0124. The second-order valence-corrected chi connectivity index (χ2v) is 4.88. The molecule has 1 saturated heterocycles. The summed E-state index contributed by atoms with van der Waals surface area (Å²) in [6.07, 6.45) is 2.17. The fourth-order valence-electron chi connectivity index (χ4n) is 2.34. The van der Waals surface area contributed by atoms with E-state index < -0.39 is 11.5 Å². The van der Waals surface area contributed by atoms with E-state index in [1.54, 1.807) is 0 Å². The molecule has 1 fully saturated rings. The Morgan fingerprint density at radius 2 is 2.37 bits per heavy atom. The van der Waals surface area contributed by atoms with Gasteiger partial charge < -0.3 is 10.4 Å². The van der Waals surface area contributed by atoms with Crippen molar-refractivity contribution in [2.75, 3.05) is 13.1 Å². The maximum absolute atomic E-state index is 12.0. The van der Waals surface area contributed by atoms with E-state index in [4.69, 9.17) is 5.11 Å². The van der Waals surface area contributed by atoms with Crippen LogP contribution in [-0.4, -0.2) is 50.7 Å². The van der Waals surface area contributed by atoms with Gasteiger partial charge in [-0.3, -0.25) is 14.8 Å². The molecule has 1 aromatic rings. The van der Waals surface area contributed by atoms with Crippen molar-refractivity contribution in [2.24, 2.45) is 0 Å². The molecule has 2 rings (SSSR count). The van der Waals surface area contributed by atoms with Crippen LogP contribution in [0.4, 0.5) is 0 Å². The van der Waals surface area contributed by atoms with E-state index in [2.05, 4.69) is 15.5 Å². The number of amides is 1. The molecule has 0 aliphatic carbocycles. The second kappa shape index (κ2) is 5.00. The van der Waals surface area contributed by atoms with Crippen LogP contribution in [0, 0.1) is 0 Å². The van der Waals surface area contributed by atoms with Gasteiger partial charge in [-0.25, -0.2) is 4.79 Å². The van der Waals surface area contributed by atoms with E-state index in [1.165, 1.54) is 6.20 Å². The maximum atomic E-state index is 12.0. The molecule has 0 spiro atoms. The maximum Gasteiger partial charge on any atom is 0.354 e. The highest BCUT2D eigenvalue weighted by molar-refractivity contribution is 5.87. The lowest BCUT2D eigenvalue weighted by Crippen LogP contribution is -2.62. The fourth-order valence-corrected chi connectivity index (χ4v) is 2.34. The number of aromatic amines is 1. The van der Waals surface area contributed by atoms with Gasteiger partial charge in [-0.15, -0.1) is 0 Å². The van der Waals surface area contributed by atoms with Gasteiger partial charge in [0.05, 0.1) is 11.7 Å². The molecule has 0 saturated carbocycles. The first-order valence-electron chi connectivity index (χ1n) is 6.28.